The highest BCUT2D eigenvalue weighted by atomic mass is 35.5. The number of aromatic nitrogens is 1. The van der Waals surface area contributed by atoms with Gasteiger partial charge in [-0.25, -0.2) is 13.6 Å². The van der Waals surface area contributed by atoms with E-state index < -0.39 is 17.6 Å². The van der Waals surface area contributed by atoms with E-state index >= 15 is 0 Å². The summed E-state index contributed by atoms with van der Waals surface area (Å²) in [6.45, 7) is 0. The van der Waals surface area contributed by atoms with Crippen LogP contribution in [0, 0.1) is 11.6 Å². The zero-order valence-electron chi connectivity index (χ0n) is 8.32. The molecule has 0 aliphatic rings. The van der Waals surface area contributed by atoms with Gasteiger partial charge in [-0.05, 0) is 18.2 Å². The van der Waals surface area contributed by atoms with E-state index in [1.165, 1.54) is 12.3 Å². The summed E-state index contributed by atoms with van der Waals surface area (Å²) in [4.78, 5) is 10.9. The molecular weight excluding hydrogens is 252 g/mol. The molecule has 1 N–H and O–H groups in total. The summed E-state index contributed by atoms with van der Waals surface area (Å²) >= 11 is 5.67. The van der Waals surface area contributed by atoms with Crippen molar-refractivity contribution in [3.05, 3.63) is 52.8 Å². The summed E-state index contributed by atoms with van der Waals surface area (Å²) in [7, 11) is 0. The number of hydrogen-bond donors (Lipinski definition) is 1. The Labute approximate surface area is 99.9 Å². The van der Waals surface area contributed by atoms with Crippen LogP contribution < -0.4 is 0 Å². The number of nitrogens with zero attached hydrogens (tertiary/aromatic N) is 1. The first-order chi connectivity index (χ1) is 7.97. The van der Waals surface area contributed by atoms with Gasteiger partial charge >= 0.3 is 5.97 Å². The highest BCUT2D eigenvalue weighted by Crippen LogP contribution is 2.21. The van der Waals surface area contributed by atoms with Crippen molar-refractivity contribution in [1.29, 1.82) is 0 Å². The van der Waals surface area contributed by atoms with E-state index in [0.717, 1.165) is 16.7 Å². The predicted molar refractivity (Wildman–Crippen MR) is 57.7 cm³/mol. The molecule has 0 aliphatic carbocycles. The fourth-order valence-corrected chi connectivity index (χ4v) is 1.69. The zero-order chi connectivity index (χ0) is 12.6. The average molecular weight is 258 g/mol. The van der Waals surface area contributed by atoms with E-state index in [1.54, 1.807) is 0 Å². The van der Waals surface area contributed by atoms with Crippen LogP contribution in [-0.2, 0) is 0 Å². The zero-order valence-corrected chi connectivity index (χ0v) is 9.08. The van der Waals surface area contributed by atoms with Crippen molar-refractivity contribution in [3.8, 4) is 5.69 Å². The molecule has 0 saturated carbocycles. The Bertz CT molecular complexity index is 575. The quantitative estimate of drug-likeness (QED) is 0.898. The Kier molecular flexibility index (Phi) is 2.85. The number of carbonyl (C=O) groups is 1. The molecule has 0 radical (unpaired) electrons. The molecule has 2 rings (SSSR count). The first kappa shape index (κ1) is 11.6. The van der Waals surface area contributed by atoms with E-state index in [1.807, 2.05) is 0 Å². The van der Waals surface area contributed by atoms with Crippen LogP contribution in [0.25, 0.3) is 5.69 Å². The van der Waals surface area contributed by atoms with Gasteiger partial charge in [0.05, 0.1) is 10.7 Å². The summed E-state index contributed by atoms with van der Waals surface area (Å²) in [5.41, 5.74) is -0.105. The number of carboxylic acid groups (broad SMARTS) is 1. The standard InChI is InChI=1S/C11H6ClF2NO2/c12-6-1-10(11(16)17)15(5-6)9-3-7(13)2-8(14)4-9/h1-5H,(H,16,17). The molecular formula is C11H6ClF2NO2. The molecule has 0 unspecified atom stereocenters. The second-order valence-corrected chi connectivity index (χ2v) is 3.78. The third kappa shape index (κ3) is 2.29. The summed E-state index contributed by atoms with van der Waals surface area (Å²) < 4.78 is 27.1. The van der Waals surface area contributed by atoms with Gasteiger partial charge in [0.25, 0.3) is 0 Å². The number of hydrogen-bond acceptors (Lipinski definition) is 1. The number of halogens is 3. The highest BCUT2D eigenvalue weighted by molar-refractivity contribution is 6.31. The lowest BCUT2D eigenvalue weighted by Gasteiger charge is -2.06. The van der Waals surface area contributed by atoms with Gasteiger partial charge in [-0.3, -0.25) is 0 Å². The SMILES string of the molecule is O=C(O)c1cc(Cl)cn1-c1cc(F)cc(F)c1. The second-order valence-electron chi connectivity index (χ2n) is 3.35. The van der Waals surface area contributed by atoms with E-state index in [4.69, 9.17) is 16.7 Å². The molecule has 1 aromatic carbocycles. The molecule has 2 aromatic rings. The van der Waals surface area contributed by atoms with Gasteiger partial charge < -0.3 is 9.67 Å². The molecule has 0 saturated heterocycles. The van der Waals surface area contributed by atoms with Gasteiger partial charge in [0.15, 0.2) is 0 Å². The summed E-state index contributed by atoms with van der Waals surface area (Å²) in [6, 6.07) is 3.94. The lowest BCUT2D eigenvalue weighted by Crippen LogP contribution is -2.06. The molecule has 0 aliphatic heterocycles. The van der Waals surface area contributed by atoms with Gasteiger partial charge in [0, 0.05) is 12.3 Å². The second kappa shape index (κ2) is 4.18. The normalized spacial score (nSPS) is 10.5. The van der Waals surface area contributed by atoms with Crippen LogP contribution in [-0.4, -0.2) is 15.6 Å². The fourth-order valence-electron chi connectivity index (χ4n) is 1.49. The van der Waals surface area contributed by atoms with Crippen molar-refractivity contribution >= 4 is 17.6 Å². The Hall–Kier alpha value is -1.88. The molecule has 1 aromatic heterocycles. The maximum atomic E-state index is 13.0. The first-order valence-electron chi connectivity index (χ1n) is 4.55. The van der Waals surface area contributed by atoms with Crippen LogP contribution in [0.15, 0.2) is 30.5 Å². The van der Waals surface area contributed by atoms with Crippen LogP contribution in [0.5, 0.6) is 0 Å². The summed E-state index contributed by atoms with van der Waals surface area (Å²) in [6.07, 6.45) is 1.28. The molecule has 0 spiro atoms. The Morgan fingerprint density at radius 3 is 2.29 bits per heavy atom. The number of carboxylic acids is 1. The fraction of sp³-hybridized carbons (Fsp3) is 0. The smallest absolute Gasteiger partial charge is 0.352 e. The summed E-state index contributed by atoms with van der Waals surface area (Å²) in [5, 5.41) is 9.09. The molecule has 17 heavy (non-hydrogen) atoms. The van der Waals surface area contributed by atoms with E-state index in [2.05, 4.69) is 0 Å². The van der Waals surface area contributed by atoms with Crippen molar-refractivity contribution in [1.82, 2.24) is 4.57 Å². The van der Waals surface area contributed by atoms with E-state index in [-0.39, 0.29) is 16.4 Å². The Balaban J connectivity index is 2.63. The number of rotatable bonds is 2. The monoisotopic (exact) mass is 257 g/mol. The van der Waals surface area contributed by atoms with Crippen LogP contribution in [0.2, 0.25) is 5.02 Å². The average Bonchev–Trinajstić information content (AvgIpc) is 2.59. The lowest BCUT2D eigenvalue weighted by molar-refractivity contribution is 0.0688. The number of aromatic carboxylic acids is 1. The highest BCUT2D eigenvalue weighted by Gasteiger charge is 2.14. The maximum Gasteiger partial charge on any atom is 0.352 e. The summed E-state index contributed by atoms with van der Waals surface area (Å²) in [5.74, 6) is -2.82. The van der Waals surface area contributed by atoms with Crippen LogP contribution in [0.4, 0.5) is 8.78 Å². The topological polar surface area (TPSA) is 42.2 Å². The third-order valence-electron chi connectivity index (χ3n) is 2.13. The Morgan fingerprint density at radius 1 is 1.18 bits per heavy atom. The molecule has 6 heteroatoms. The molecule has 0 bridgehead atoms. The predicted octanol–water partition coefficient (Wildman–Crippen LogP) is 3.11. The molecule has 0 amide bonds. The Morgan fingerprint density at radius 2 is 1.76 bits per heavy atom. The van der Waals surface area contributed by atoms with Crippen molar-refractivity contribution in [2.45, 2.75) is 0 Å². The van der Waals surface area contributed by atoms with Crippen molar-refractivity contribution < 1.29 is 18.7 Å². The minimum Gasteiger partial charge on any atom is -0.477 e. The van der Waals surface area contributed by atoms with Gasteiger partial charge in [-0.15, -0.1) is 0 Å². The largest absolute Gasteiger partial charge is 0.477 e. The minimum atomic E-state index is -1.23. The minimum absolute atomic E-state index is 0.0619. The molecule has 3 nitrogen and oxygen atoms in total. The molecule has 1 heterocycles. The molecule has 0 atom stereocenters. The van der Waals surface area contributed by atoms with Crippen molar-refractivity contribution in [3.63, 3.8) is 0 Å². The van der Waals surface area contributed by atoms with Crippen molar-refractivity contribution in [2.75, 3.05) is 0 Å². The molecule has 0 fully saturated rings. The van der Waals surface area contributed by atoms with Crippen LogP contribution in [0.1, 0.15) is 10.5 Å². The van der Waals surface area contributed by atoms with Crippen molar-refractivity contribution in [2.24, 2.45) is 0 Å². The van der Waals surface area contributed by atoms with Crippen LogP contribution >= 0.6 is 11.6 Å². The van der Waals surface area contributed by atoms with Gasteiger partial charge in [0.1, 0.15) is 17.3 Å². The lowest BCUT2D eigenvalue weighted by atomic mass is 10.3. The molecule has 88 valence electrons. The first-order valence-corrected chi connectivity index (χ1v) is 4.93. The maximum absolute atomic E-state index is 13.0. The number of benzene rings is 1. The van der Waals surface area contributed by atoms with E-state index in [0.29, 0.717) is 6.07 Å². The van der Waals surface area contributed by atoms with Gasteiger partial charge in [-0.1, -0.05) is 11.6 Å². The van der Waals surface area contributed by atoms with Gasteiger partial charge in [0.2, 0.25) is 0 Å². The van der Waals surface area contributed by atoms with Gasteiger partial charge in [-0.2, -0.15) is 0 Å². The third-order valence-corrected chi connectivity index (χ3v) is 2.34. The van der Waals surface area contributed by atoms with Crippen LogP contribution in [0.3, 0.4) is 0 Å². The van der Waals surface area contributed by atoms with E-state index in [9.17, 15) is 13.6 Å².